The number of ether oxygens (including phenoxy) is 1. The van der Waals surface area contributed by atoms with E-state index in [1.807, 2.05) is 42.5 Å². The molecule has 1 spiro atoms. The molecular formula is C39H26N2OS. The van der Waals surface area contributed by atoms with Gasteiger partial charge in [-0.1, -0.05) is 109 Å². The van der Waals surface area contributed by atoms with Crippen molar-refractivity contribution in [3.05, 3.63) is 178 Å². The van der Waals surface area contributed by atoms with Crippen molar-refractivity contribution >= 4 is 22.8 Å². The quantitative estimate of drug-likeness (QED) is 0.199. The Bertz CT molecular complexity index is 2060. The Labute approximate surface area is 254 Å². The zero-order valence-electron chi connectivity index (χ0n) is 23.2. The van der Waals surface area contributed by atoms with Gasteiger partial charge in [-0.25, -0.2) is 0 Å². The Morgan fingerprint density at radius 2 is 1.12 bits per heavy atom. The predicted octanol–water partition coefficient (Wildman–Crippen LogP) is 9.88. The van der Waals surface area contributed by atoms with E-state index in [0.29, 0.717) is 11.4 Å². The number of thiophene rings is 1. The molecule has 0 unspecified atom stereocenters. The molecule has 0 radical (unpaired) electrons. The summed E-state index contributed by atoms with van der Waals surface area (Å²) in [5.74, 6) is 1.72. The molecule has 1 aliphatic heterocycles. The predicted molar refractivity (Wildman–Crippen MR) is 176 cm³/mol. The first-order valence-corrected chi connectivity index (χ1v) is 15.1. The van der Waals surface area contributed by atoms with Gasteiger partial charge in [-0.2, -0.15) is 0 Å². The molecular weight excluding hydrogens is 545 g/mol. The molecule has 3 nitrogen and oxygen atoms in total. The number of nitrogens with one attached hydrogen (secondary N) is 2. The van der Waals surface area contributed by atoms with Gasteiger partial charge in [0.15, 0.2) is 0 Å². The summed E-state index contributed by atoms with van der Waals surface area (Å²) >= 11 is 1.57. The molecule has 6 aromatic rings. The van der Waals surface area contributed by atoms with Crippen LogP contribution < -0.4 is 4.74 Å². The van der Waals surface area contributed by atoms with E-state index in [0.717, 1.165) is 43.5 Å². The first-order valence-electron chi connectivity index (χ1n) is 14.3. The summed E-state index contributed by atoms with van der Waals surface area (Å²) in [6.07, 6.45) is 3.40. The van der Waals surface area contributed by atoms with Gasteiger partial charge in [0.25, 0.3) is 0 Å². The molecule has 1 aromatic heterocycles. The Morgan fingerprint density at radius 1 is 0.535 bits per heavy atom. The average molecular weight is 571 g/mol. The van der Waals surface area contributed by atoms with E-state index in [2.05, 4.69) is 91.0 Å². The van der Waals surface area contributed by atoms with Crippen LogP contribution in [-0.2, 0) is 5.41 Å². The fourth-order valence-electron chi connectivity index (χ4n) is 6.66. The number of allylic oxidation sites excluding steroid dienone is 2. The van der Waals surface area contributed by atoms with Crippen molar-refractivity contribution in [3.8, 4) is 33.1 Å². The van der Waals surface area contributed by atoms with Crippen LogP contribution in [0.15, 0.2) is 146 Å². The van der Waals surface area contributed by atoms with Crippen molar-refractivity contribution in [1.82, 2.24) is 0 Å². The van der Waals surface area contributed by atoms with E-state index in [9.17, 15) is 0 Å². The Morgan fingerprint density at radius 3 is 1.86 bits per heavy atom. The molecule has 1 aliphatic carbocycles. The zero-order valence-corrected chi connectivity index (χ0v) is 24.0. The molecule has 4 heteroatoms. The lowest BCUT2D eigenvalue weighted by molar-refractivity contribution is 0.438. The summed E-state index contributed by atoms with van der Waals surface area (Å²) in [5.41, 5.74) is 9.43. The number of para-hydroxylation sites is 2. The smallest absolute Gasteiger partial charge is 0.140 e. The number of fused-ring (bicyclic) bond motifs is 9. The molecule has 43 heavy (non-hydrogen) atoms. The summed E-state index contributed by atoms with van der Waals surface area (Å²) in [6, 6.07) is 46.0. The number of rotatable bonds is 5. The van der Waals surface area contributed by atoms with Crippen molar-refractivity contribution in [2.24, 2.45) is 0 Å². The van der Waals surface area contributed by atoms with Crippen LogP contribution in [0.25, 0.3) is 21.6 Å². The minimum Gasteiger partial charge on any atom is -0.456 e. The average Bonchev–Trinajstić information content (AvgIpc) is 3.67. The highest BCUT2D eigenvalue weighted by Gasteiger charge is 2.51. The van der Waals surface area contributed by atoms with Crippen LogP contribution in [0.5, 0.6) is 11.5 Å². The molecule has 0 fully saturated rings. The normalized spacial score (nSPS) is 13.6. The Kier molecular flexibility index (Phi) is 5.85. The van der Waals surface area contributed by atoms with Gasteiger partial charge in [-0.05, 0) is 64.2 Å². The molecule has 0 saturated carbocycles. The third kappa shape index (κ3) is 3.80. The highest BCUT2D eigenvalue weighted by molar-refractivity contribution is 7.17. The summed E-state index contributed by atoms with van der Waals surface area (Å²) in [4.78, 5) is 1.88. The van der Waals surface area contributed by atoms with Crippen LogP contribution in [0, 0.1) is 10.8 Å². The minimum absolute atomic E-state index is 0.378. The van der Waals surface area contributed by atoms with Crippen LogP contribution in [-0.4, -0.2) is 11.4 Å². The number of hydrogen-bond donors (Lipinski definition) is 2. The molecule has 204 valence electrons. The standard InChI is InChI=1S/C39H26N2OS/c40-33(25-11-2-1-3-12-25)21-22-34(41)37-24-23-36(43-37)28-15-10-19-32-38(28)42-35-20-9-8-18-31(35)39(32)29-16-6-4-13-26(29)27-14-5-7-17-30(27)39/h1-24,40-41H/b22-21-,40-33?,41-34?. The number of benzene rings is 5. The van der Waals surface area contributed by atoms with Gasteiger partial charge in [0.1, 0.15) is 11.5 Å². The summed E-state index contributed by atoms with van der Waals surface area (Å²) < 4.78 is 6.79. The maximum Gasteiger partial charge on any atom is 0.140 e. The van der Waals surface area contributed by atoms with Crippen molar-refractivity contribution in [1.29, 1.82) is 10.8 Å². The van der Waals surface area contributed by atoms with E-state index in [4.69, 9.17) is 15.6 Å². The maximum atomic E-state index is 8.74. The van der Waals surface area contributed by atoms with E-state index in [1.165, 1.54) is 22.3 Å². The third-order valence-electron chi connectivity index (χ3n) is 8.51. The Balaban J connectivity index is 1.25. The second-order valence-electron chi connectivity index (χ2n) is 10.8. The van der Waals surface area contributed by atoms with Gasteiger partial charge in [0, 0.05) is 21.6 Å². The topological polar surface area (TPSA) is 56.9 Å². The molecule has 8 rings (SSSR count). The van der Waals surface area contributed by atoms with E-state index in [1.54, 1.807) is 23.5 Å². The van der Waals surface area contributed by atoms with Crippen molar-refractivity contribution in [2.45, 2.75) is 5.41 Å². The van der Waals surface area contributed by atoms with Gasteiger partial charge in [-0.3, -0.25) is 5.41 Å². The summed E-state index contributed by atoms with van der Waals surface area (Å²) in [6.45, 7) is 0. The zero-order chi connectivity index (χ0) is 29.0. The van der Waals surface area contributed by atoms with Gasteiger partial charge < -0.3 is 10.1 Å². The molecule has 0 amide bonds. The lowest BCUT2D eigenvalue weighted by atomic mass is 9.66. The molecule has 2 heterocycles. The largest absolute Gasteiger partial charge is 0.456 e. The molecule has 0 saturated heterocycles. The fraction of sp³-hybridized carbons (Fsp3) is 0.0256. The van der Waals surface area contributed by atoms with Gasteiger partial charge >= 0.3 is 0 Å². The van der Waals surface area contributed by atoms with Crippen LogP contribution in [0.4, 0.5) is 0 Å². The lowest BCUT2D eigenvalue weighted by Gasteiger charge is -2.40. The third-order valence-corrected chi connectivity index (χ3v) is 9.66. The second-order valence-corrected chi connectivity index (χ2v) is 11.9. The summed E-state index contributed by atoms with van der Waals surface area (Å²) in [7, 11) is 0. The molecule has 5 aromatic carbocycles. The van der Waals surface area contributed by atoms with E-state index < -0.39 is 5.41 Å². The fourth-order valence-corrected chi connectivity index (χ4v) is 7.62. The van der Waals surface area contributed by atoms with Gasteiger partial charge in [0.05, 0.1) is 21.7 Å². The maximum absolute atomic E-state index is 8.74. The highest BCUT2D eigenvalue weighted by atomic mass is 32.1. The van der Waals surface area contributed by atoms with Crippen LogP contribution in [0.2, 0.25) is 0 Å². The molecule has 0 bridgehead atoms. The SMILES string of the molecule is N=C(/C=C\C(=N)c1ccc(-c2cccc3c2Oc2ccccc2C32c3ccccc3-c3ccccc32)s1)c1ccccc1. The van der Waals surface area contributed by atoms with Gasteiger partial charge in [-0.15, -0.1) is 11.3 Å². The van der Waals surface area contributed by atoms with Crippen molar-refractivity contribution in [2.75, 3.05) is 0 Å². The van der Waals surface area contributed by atoms with E-state index >= 15 is 0 Å². The van der Waals surface area contributed by atoms with Crippen molar-refractivity contribution in [3.63, 3.8) is 0 Å². The molecule has 0 atom stereocenters. The van der Waals surface area contributed by atoms with Crippen molar-refractivity contribution < 1.29 is 4.74 Å². The monoisotopic (exact) mass is 570 g/mol. The lowest BCUT2D eigenvalue weighted by Crippen LogP contribution is -2.32. The van der Waals surface area contributed by atoms with Crippen LogP contribution in [0.1, 0.15) is 32.7 Å². The van der Waals surface area contributed by atoms with Gasteiger partial charge in [0.2, 0.25) is 0 Å². The molecule has 2 N–H and O–H groups in total. The highest BCUT2D eigenvalue weighted by Crippen LogP contribution is 2.63. The van der Waals surface area contributed by atoms with E-state index in [-0.39, 0.29) is 0 Å². The Hall–Kier alpha value is -5.32. The van der Waals surface area contributed by atoms with Crippen LogP contribution in [0.3, 0.4) is 0 Å². The summed E-state index contributed by atoms with van der Waals surface area (Å²) in [5, 5.41) is 17.1. The molecule has 2 aliphatic rings. The van der Waals surface area contributed by atoms with Crippen LogP contribution >= 0.6 is 11.3 Å². The first kappa shape index (κ1) is 25.4. The second kappa shape index (κ2) is 9.90. The first-order chi connectivity index (χ1) is 21.2. The minimum atomic E-state index is -0.499. The number of hydrogen-bond acceptors (Lipinski definition) is 4.